The number of alkyl halides is 2. The molecule has 0 spiro atoms. The number of aromatic nitrogens is 2. The summed E-state index contributed by atoms with van der Waals surface area (Å²) in [7, 11) is 1.64. The van der Waals surface area contributed by atoms with Crippen molar-refractivity contribution in [1.82, 2.24) is 15.1 Å². The van der Waals surface area contributed by atoms with E-state index in [1.165, 1.54) is 4.68 Å². The van der Waals surface area contributed by atoms with Gasteiger partial charge >= 0.3 is 11.8 Å². The number of halogens is 2. The van der Waals surface area contributed by atoms with Crippen molar-refractivity contribution in [1.29, 1.82) is 0 Å². The average Bonchev–Trinajstić information content (AvgIpc) is 3.11. The van der Waals surface area contributed by atoms with E-state index >= 15 is 0 Å². The predicted molar refractivity (Wildman–Crippen MR) is 85.4 cm³/mol. The molecule has 2 fully saturated rings. The summed E-state index contributed by atoms with van der Waals surface area (Å²) in [5.74, 6) is -4.50. The molecule has 2 amide bonds. The highest BCUT2D eigenvalue weighted by Gasteiger charge is 2.45. The fourth-order valence-electron chi connectivity index (χ4n) is 3.28. The van der Waals surface area contributed by atoms with E-state index in [0.717, 1.165) is 25.1 Å². The number of nitrogens with one attached hydrogen (secondary N) is 2. The lowest BCUT2D eigenvalue weighted by Gasteiger charge is -2.20. The summed E-state index contributed by atoms with van der Waals surface area (Å²) in [5.41, 5.74) is 0.778. The van der Waals surface area contributed by atoms with Crippen molar-refractivity contribution in [2.24, 2.45) is 7.05 Å². The predicted octanol–water partition coefficient (Wildman–Crippen LogP) is 1.56. The maximum Gasteiger partial charge on any atom is 0.314 e. The van der Waals surface area contributed by atoms with Gasteiger partial charge in [0.15, 0.2) is 0 Å². The van der Waals surface area contributed by atoms with E-state index < -0.39 is 23.8 Å². The maximum absolute atomic E-state index is 13.6. The molecule has 2 atom stereocenters. The van der Waals surface area contributed by atoms with Gasteiger partial charge in [0.2, 0.25) is 0 Å². The molecule has 1 saturated heterocycles. The Bertz CT molecular complexity index is 656. The quantitative estimate of drug-likeness (QED) is 0.805. The van der Waals surface area contributed by atoms with E-state index in [1.54, 1.807) is 13.1 Å². The molecule has 1 aliphatic carbocycles. The number of ether oxygens (including phenoxy) is 1. The minimum absolute atomic E-state index is 0.150. The van der Waals surface area contributed by atoms with Crippen LogP contribution in [-0.2, 0) is 21.4 Å². The Balaban J connectivity index is 1.60. The van der Waals surface area contributed by atoms with E-state index in [4.69, 9.17) is 4.74 Å². The van der Waals surface area contributed by atoms with Crippen LogP contribution in [0.5, 0.6) is 0 Å². The smallest absolute Gasteiger partial charge is 0.314 e. The molecule has 0 bridgehead atoms. The highest BCUT2D eigenvalue weighted by molar-refractivity contribution is 6.39. The summed E-state index contributed by atoms with van der Waals surface area (Å²) in [6.45, 7) is 1.31. The molecule has 1 aliphatic heterocycles. The van der Waals surface area contributed by atoms with Crippen LogP contribution in [0.2, 0.25) is 0 Å². The Hall–Kier alpha value is -2.03. The number of hydrogen-bond donors (Lipinski definition) is 2. The number of hydrogen-bond acceptors (Lipinski definition) is 4. The lowest BCUT2D eigenvalue weighted by molar-refractivity contribution is -0.138. The molecule has 138 valence electrons. The first-order valence-corrected chi connectivity index (χ1v) is 8.48. The highest BCUT2D eigenvalue weighted by Crippen LogP contribution is 2.35. The van der Waals surface area contributed by atoms with Gasteiger partial charge in [0.25, 0.3) is 5.92 Å². The standard InChI is InChI=1S/C16H22F2N4O3/c1-22-13(8-11(21-22)10-4-3-7-25-9-10)20-15(24)14(23)19-12-5-2-6-16(12,17)18/h8,10,12H,2-7,9H2,1H3,(H,19,23)(H,20,24). The minimum Gasteiger partial charge on any atom is -0.381 e. The van der Waals surface area contributed by atoms with Crippen molar-refractivity contribution in [3.63, 3.8) is 0 Å². The van der Waals surface area contributed by atoms with Crippen molar-refractivity contribution >= 4 is 17.6 Å². The summed E-state index contributed by atoms with van der Waals surface area (Å²) in [6.07, 6.45) is 2.12. The van der Waals surface area contributed by atoms with Crippen molar-refractivity contribution in [2.45, 2.75) is 50.0 Å². The zero-order valence-electron chi connectivity index (χ0n) is 14.1. The van der Waals surface area contributed by atoms with Crippen molar-refractivity contribution in [3.8, 4) is 0 Å². The number of amides is 2. The molecule has 2 N–H and O–H groups in total. The molecule has 7 nitrogen and oxygen atoms in total. The molecular weight excluding hydrogens is 334 g/mol. The van der Waals surface area contributed by atoms with Gasteiger partial charge in [-0.25, -0.2) is 8.78 Å². The third-order valence-electron chi connectivity index (χ3n) is 4.74. The molecule has 2 unspecified atom stereocenters. The van der Waals surface area contributed by atoms with Gasteiger partial charge in [-0.2, -0.15) is 5.10 Å². The summed E-state index contributed by atoms with van der Waals surface area (Å²) in [6, 6.07) is 0.404. The molecule has 1 aromatic rings. The summed E-state index contributed by atoms with van der Waals surface area (Å²) < 4.78 is 34.0. The van der Waals surface area contributed by atoms with E-state index in [9.17, 15) is 18.4 Å². The van der Waals surface area contributed by atoms with E-state index in [1.807, 2.05) is 0 Å². The van der Waals surface area contributed by atoms with Gasteiger partial charge in [0.05, 0.1) is 18.3 Å². The van der Waals surface area contributed by atoms with Crippen LogP contribution >= 0.6 is 0 Å². The van der Waals surface area contributed by atoms with Gasteiger partial charge in [-0.15, -0.1) is 0 Å². The lowest BCUT2D eigenvalue weighted by Crippen LogP contribution is -2.47. The van der Waals surface area contributed by atoms with Crippen LogP contribution in [0.1, 0.15) is 43.7 Å². The molecule has 0 aromatic carbocycles. The topological polar surface area (TPSA) is 85.2 Å². The van der Waals surface area contributed by atoms with Gasteiger partial charge in [-0.1, -0.05) is 0 Å². The van der Waals surface area contributed by atoms with Crippen LogP contribution in [0, 0.1) is 0 Å². The number of carbonyl (C=O) groups is 2. The number of anilines is 1. The molecule has 9 heteroatoms. The van der Waals surface area contributed by atoms with Crippen molar-refractivity contribution in [3.05, 3.63) is 11.8 Å². The normalized spacial score (nSPS) is 25.6. The third kappa shape index (κ3) is 3.97. The minimum atomic E-state index is -2.96. The van der Waals surface area contributed by atoms with Gasteiger partial charge in [-0.3, -0.25) is 14.3 Å². The van der Waals surface area contributed by atoms with E-state index in [0.29, 0.717) is 18.8 Å². The number of carbonyl (C=O) groups excluding carboxylic acids is 2. The number of aryl methyl sites for hydroxylation is 1. The van der Waals surface area contributed by atoms with E-state index in [2.05, 4.69) is 15.7 Å². The van der Waals surface area contributed by atoms with Crippen LogP contribution in [0.25, 0.3) is 0 Å². The van der Waals surface area contributed by atoms with Crippen LogP contribution in [0.15, 0.2) is 6.07 Å². The van der Waals surface area contributed by atoms with E-state index in [-0.39, 0.29) is 18.8 Å². The van der Waals surface area contributed by atoms with Crippen molar-refractivity contribution in [2.75, 3.05) is 18.5 Å². The summed E-state index contributed by atoms with van der Waals surface area (Å²) in [5, 5.41) is 8.91. The Morgan fingerprint density at radius 3 is 2.76 bits per heavy atom. The number of rotatable bonds is 3. The Morgan fingerprint density at radius 1 is 1.32 bits per heavy atom. The molecule has 2 heterocycles. The Labute approximate surface area is 144 Å². The monoisotopic (exact) mass is 356 g/mol. The SMILES string of the molecule is Cn1nc(C2CCCOC2)cc1NC(=O)C(=O)NC1CCCC1(F)F. The molecular formula is C16H22F2N4O3. The molecule has 0 radical (unpaired) electrons. The second kappa shape index (κ2) is 7.07. The Kier molecular flexibility index (Phi) is 5.03. The molecule has 25 heavy (non-hydrogen) atoms. The maximum atomic E-state index is 13.6. The zero-order chi connectivity index (χ0) is 18.0. The lowest BCUT2D eigenvalue weighted by atomic mass is 9.99. The fraction of sp³-hybridized carbons (Fsp3) is 0.688. The number of nitrogens with zero attached hydrogens (tertiary/aromatic N) is 2. The highest BCUT2D eigenvalue weighted by atomic mass is 19.3. The van der Waals surface area contributed by atoms with Gasteiger partial charge < -0.3 is 15.4 Å². The first-order chi connectivity index (χ1) is 11.9. The van der Waals surface area contributed by atoms with Crippen LogP contribution < -0.4 is 10.6 Å². The second-order valence-electron chi connectivity index (χ2n) is 6.63. The summed E-state index contributed by atoms with van der Waals surface area (Å²) in [4.78, 5) is 23.9. The molecule has 1 aromatic heterocycles. The first kappa shape index (κ1) is 17.8. The largest absolute Gasteiger partial charge is 0.381 e. The molecule has 3 rings (SSSR count). The summed E-state index contributed by atoms with van der Waals surface area (Å²) >= 11 is 0. The average molecular weight is 356 g/mol. The van der Waals surface area contributed by atoms with Crippen LogP contribution in [0.3, 0.4) is 0 Å². The second-order valence-corrected chi connectivity index (χ2v) is 6.63. The first-order valence-electron chi connectivity index (χ1n) is 8.48. The van der Waals surface area contributed by atoms with Crippen LogP contribution in [0.4, 0.5) is 14.6 Å². The van der Waals surface area contributed by atoms with Crippen molar-refractivity contribution < 1.29 is 23.1 Å². The van der Waals surface area contributed by atoms with Gasteiger partial charge in [0, 0.05) is 32.1 Å². The van der Waals surface area contributed by atoms with Gasteiger partial charge in [-0.05, 0) is 25.7 Å². The molecule has 2 aliphatic rings. The third-order valence-corrected chi connectivity index (χ3v) is 4.74. The van der Waals surface area contributed by atoms with Gasteiger partial charge in [0.1, 0.15) is 5.82 Å². The zero-order valence-corrected chi connectivity index (χ0v) is 14.1. The fourth-order valence-corrected chi connectivity index (χ4v) is 3.28. The van der Waals surface area contributed by atoms with Crippen LogP contribution in [-0.4, -0.2) is 46.8 Å². The molecule has 1 saturated carbocycles. The Morgan fingerprint density at radius 2 is 2.12 bits per heavy atom.